The van der Waals surface area contributed by atoms with Gasteiger partial charge in [0, 0.05) is 6.04 Å². The summed E-state index contributed by atoms with van der Waals surface area (Å²) in [5, 5.41) is 6.97. The van der Waals surface area contributed by atoms with E-state index < -0.39 is 0 Å². The van der Waals surface area contributed by atoms with Crippen molar-refractivity contribution in [3.05, 3.63) is 59.7 Å². The van der Waals surface area contributed by atoms with Crippen LogP contribution in [0.5, 0.6) is 11.5 Å². The van der Waals surface area contributed by atoms with Crippen molar-refractivity contribution in [1.29, 1.82) is 0 Å². The molecule has 0 saturated heterocycles. The first-order valence-electron chi connectivity index (χ1n) is 10.2. The van der Waals surface area contributed by atoms with Crippen LogP contribution >= 0.6 is 0 Å². The maximum atomic E-state index is 11.9. The number of carbonyl (C=O) groups is 1. The van der Waals surface area contributed by atoms with Gasteiger partial charge in [0.1, 0.15) is 24.7 Å². The van der Waals surface area contributed by atoms with Crippen molar-refractivity contribution in [2.24, 2.45) is 5.10 Å². The Balaban J connectivity index is 1.34. The number of hydrogen-bond acceptors (Lipinski definition) is 4. The average Bonchev–Trinajstić information content (AvgIpc) is 2.74. The summed E-state index contributed by atoms with van der Waals surface area (Å²) in [4.78, 5) is 11.9. The molecule has 2 amide bonds. The number of rotatable bonds is 8. The van der Waals surface area contributed by atoms with Crippen molar-refractivity contribution < 1.29 is 14.3 Å². The monoisotopic (exact) mass is 395 g/mol. The molecule has 0 spiro atoms. The lowest BCUT2D eigenvalue weighted by Gasteiger charge is -2.22. The lowest BCUT2D eigenvalue weighted by Crippen LogP contribution is -2.41. The molecule has 0 aromatic heterocycles. The third-order valence-electron chi connectivity index (χ3n) is 4.84. The Hall–Kier alpha value is -3.02. The first-order chi connectivity index (χ1) is 14.2. The van der Waals surface area contributed by atoms with Crippen LogP contribution in [0.25, 0.3) is 0 Å². The van der Waals surface area contributed by atoms with Crippen molar-refractivity contribution in [2.45, 2.75) is 45.1 Å². The van der Waals surface area contributed by atoms with Crippen molar-refractivity contribution >= 4 is 12.2 Å². The van der Waals surface area contributed by atoms with Gasteiger partial charge in [-0.25, -0.2) is 10.2 Å². The quantitative estimate of drug-likeness (QED) is 0.395. The number of aryl methyl sites for hydroxylation is 1. The number of hydrazone groups is 1. The van der Waals surface area contributed by atoms with Gasteiger partial charge in [-0.15, -0.1) is 0 Å². The SMILES string of the molecule is Cc1ccc(OCCOc2ccc(/C=N/NC(=O)NC3CCCCC3)cc2)cc1. The summed E-state index contributed by atoms with van der Waals surface area (Å²) in [6.07, 6.45) is 7.34. The van der Waals surface area contributed by atoms with Crippen molar-refractivity contribution in [3.8, 4) is 11.5 Å². The first kappa shape index (κ1) is 20.7. The van der Waals surface area contributed by atoms with Gasteiger partial charge in [-0.3, -0.25) is 0 Å². The highest BCUT2D eigenvalue weighted by Crippen LogP contribution is 2.17. The molecule has 0 atom stereocenters. The zero-order chi connectivity index (χ0) is 20.3. The van der Waals surface area contributed by atoms with Crippen LogP contribution in [0.1, 0.15) is 43.2 Å². The minimum atomic E-state index is -0.248. The summed E-state index contributed by atoms with van der Waals surface area (Å²) < 4.78 is 11.3. The van der Waals surface area contributed by atoms with Crippen molar-refractivity contribution in [3.63, 3.8) is 0 Å². The molecule has 0 bridgehead atoms. The molecule has 2 aromatic rings. The smallest absolute Gasteiger partial charge is 0.335 e. The lowest BCUT2D eigenvalue weighted by molar-refractivity contribution is 0.217. The van der Waals surface area contributed by atoms with E-state index in [4.69, 9.17) is 9.47 Å². The van der Waals surface area contributed by atoms with E-state index in [0.717, 1.165) is 29.9 Å². The molecule has 0 heterocycles. The van der Waals surface area contributed by atoms with Crippen LogP contribution in [0.15, 0.2) is 53.6 Å². The third-order valence-corrected chi connectivity index (χ3v) is 4.84. The molecule has 1 fully saturated rings. The van der Waals surface area contributed by atoms with Gasteiger partial charge in [0.15, 0.2) is 0 Å². The number of hydrogen-bond donors (Lipinski definition) is 2. The molecule has 6 heteroatoms. The standard InChI is InChI=1S/C23H29N3O3/c1-18-7-11-21(12-8-18)28-15-16-29-22-13-9-19(10-14-22)17-24-26-23(27)25-20-5-3-2-4-6-20/h7-14,17,20H,2-6,15-16H2,1H3,(H2,25,26,27)/b24-17+. The van der Waals surface area contributed by atoms with E-state index in [2.05, 4.69) is 15.8 Å². The molecule has 3 rings (SSSR count). The van der Waals surface area contributed by atoms with E-state index in [1.54, 1.807) is 6.21 Å². The molecule has 0 unspecified atom stereocenters. The zero-order valence-corrected chi connectivity index (χ0v) is 16.9. The fourth-order valence-corrected chi connectivity index (χ4v) is 3.23. The van der Waals surface area contributed by atoms with E-state index in [1.165, 1.54) is 24.8 Å². The van der Waals surface area contributed by atoms with E-state index in [9.17, 15) is 4.79 Å². The Labute approximate surface area is 172 Å². The van der Waals surface area contributed by atoms with Gasteiger partial charge in [0.25, 0.3) is 0 Å². The molecule has 1 aliphatic rings. The Morgan fingerprint density at radius 3 is 2.17 bits per heavy atom. The van der Waals surface area contributed by atoms with Crippen LogP contribution in [0.2, 0.25) is 0 Å². The predicted octanol–water partition coefficient (Wildman–Crippen LogP) is 4.42. The molecular formula is C23H29N3O3. The van der Waals surface area contributed by atoms with Crippen LogP contribution in [-0.4, -0.2) is 31.5 Å². The molecule has 1 aliphatic carbocycles. The minimum absolute atomic E-state index is 0.248. The first-order valence-corrected chi connectivity index (χ1v) is 10.2. The van der Waals surface area contributed by atoms with Crippen LogP contribution in [0.3, 0.4) is 0 Å². The van der Waals surface area contributed by atoms with Gasteiger partial charge >= 0.3 is 6.03 Å². The van der Waals surface area contributed by atoms with Crippen molar-refractivity contribution in [2.75, 3.05) is 13.2 Å². The molecular weight excluding hydrogens is 366 g/mol. The average molecular weight is 396 g/mol. The maximum absolute atomic E-state index is 11.9. The van der Waals surface area contributed by atoms with Gasteiger partial charge in [-0.1, -0.05) is 37.0 Å². The topological polar surface area (TPSA) is 72.0 Å². The fraction of sp³-hybridized carbons (Fsp3) is 0.391. The molecule has 6 nitrogen and oxygen atoms in total. The second-order valence-electron chi connectivity index (χ2n) is 7.26. The second-order valence-corrected chi connectivity index (χ2v) is 7.26. The zero-order valence-electron chi connectivity index (χ0n) is 16.9. The maximum Gasteiger partial charge on any atom is 0.335 e. The highest BCUT2D eigenvalue weighted by Gasteiger charge is 2.14. The van der Waals surface area contributed by atoms with Crippen LogP contribution in [0, 0.1) is 6.92 Å². The van der Waals surface area contributed by atoms with Crippen LogP contribution in [0.4, 0.5) is 4.79 Å². The van der Waals surface area contributed by atoms with E-state index in [1.807, 2.05) is 55.5 Å². The highest BCUT2D eigenvalue weighted by atomic mass is 16.5. The second kappa shape index (κ2) is 11.1. The fourth-order valence-electron chi connectivity index (χ4n) is 3.23. The van der Waals surface area contributed by atoms with E-state index in [0.29, 0.717) is 13.2 Å². The summed E-state index contributed by atoms with van der Waals surface area (Å²) in [6.45, 7) is 2.99. The van der Waals surface area contributed by atoms with Crippen LogP contribution < -0.4 is 20.2 Å². The van der Waals surface area contributed by atoms with E-state index >= 15 is 0 Å². The van der Waals surface area contributed by atoms with Crippen LogP contribution in [-0.2, 0) is 0 Å². The Bertz CT molecular complexity index is 782. The number of benzene rings is 2. The van der Waals surface area contributed by atoms with Gasteiger partial charge < -0.3 is 14.8 Å². The van der Waals surface area contributed by atoms with Crippen molar-refractivity contribution in [1.82, 2.24) is 10.7 Å². The molecule has 0 radical (unpaired) electrons. The third kappa shape index (κ3) is 7.49. The summed E-state index contributed by atoms with van der Waals surface area (Å²) in [5.74, 6) is 1.60. The number of amides is 2. The molecule has 154 valence electrons. The Kier molecular flexibility index (Phi) is 7.92. The molecule has 1 saturated carbocycles. The Morgan fingerprint density at radius 2 is 1.55 bits per heavy atom. The number of carbonyl (C=O) groups excluding carboxylic acids is 1. The van der Waals surface area contributed by atoms with Gasteiger partial charge in [-0.05, 0) is 61.7 Å². The van der Waals surface area contributed by atoms with E-state index in [-0.39, 0.29) is 12.1 Å². The number of urea groups is 1. The number of nitrogens with one attached hydrogen (secondary N) is 2. The highest BCUT2D eigenvalue weighted by molar-refractivity contribution is 5.82. The van der Waals surface area contributed by atoms with Gasteiger partial charge in [0.05, 0.1) is 6.21 Å². The largest absolute Gasteiger partial charge is 0.490 e. The van der Waals surface area contributed by atoms with Gasteiger partial charge in [0.2, 0.25) is 0 Å². The summed E-state index contributed by atoms with van der Waals surface area (Å²) >= 11 is 0. The normalized spacial score (nSPS) is 14.5. The minimum Gasteiger partial charge on any atom is -0.490 e. The lowest BCUT2D eigenvalue weighted by atomic mass is 9.96. The number of nitrogens with zero attached hydrogens (tertiary/aromatic N) is 1. The molecule has 29 heavy (non-hydrogen) atoms. The Morgan fingerprint density at radius 1 is 0.966 bits per heavy atom. The summed E-state index contributed by atoms with van der Waals surface area (Å²) in [7, 11) is 0. The predicted molar refractivity (Wildman–Crippen MR) is 115 cm³/mol. The summed E-state index contributed by atoms with van der Waals surface area (Å²) in [5.41, 5.74) is 4.61. The molecule has 2 N–H and O–H groups in total. The molecule has 0 aliphatic heterocycles. The molecule has 2 aromatic carbocycles. The summed E-state index contributed by atoms with van der Waals surface area (Å²) in [6, 6.07) is 15.5. The van der Waals surface area contributed by atoms with Gasteiger partial charge in [-0.2, -0.15) is 5.10 Å². The number of ether oxygens (including phenoxy) is 2.